The number of hydrogen-bond acceptors (Lipinski definition) is 3. The molecule has 0 bridgehead atoms. The van der Waals surface area contributed by atoms with Gasteiger partial charge in [-0.2, -0.15) is 0 Å². The van der Waals surface area contributed by atoms with Crippen molar-refractivity contribution in [2.45, 2.75) is 25.9 Å². The summed E-state index contributed by atoms with van der Waals surface area (Å²) in [5.41, 5.74) is 1.12. The average Bonchev–Trinajstić information content (AvgIpc) is 2.39. The summed E-state index contributed by atoms with van der Waals surface area (Å²) < 4.78 is 1.05. The van der Waals surface area contributed by atoms with Gasteiger partial charge in [0.1, 0.15) is 0 Å². The largest absolute Gasteiger partial charge is 0.348 e. The van der Waals surface area contributed by atoms with Crippen LogP contribution in [0.3, 0.4) is 0 Å². The van der Waals surface area contributed by atoms with Crippen LogP contribution in [0.25, 0.3) is 0 Å². The van der Waals surface area contributed by atoms with Crippen molar-refractivity contribution in [3.63, 3.8) is 0 Å². The molecule has 0 spiro atoms. The highest BCUT2D eigenvalue weighted by atomic mass is 79.9. The number of hydrogen-bond donors (Lipinski definition) is 2. The van der Waals surface area contributed by atoms with Crippen LogP contribution in [0.5, 0.6) is 0 Å². The van der Waals surface area contributed by atoms with Gasteiger partial charge < -0.3 is 10.6 Å². The molecule has 1 aromatic rings. The lowest BCUT2D eigenvalue weighted by molar-refractivity contribution is -0.123. The molecule has 0 aromatic heterocycles. The molecule has 4 nitrogen and oxygen atoms in total. The molecule has 0 aliphatic carbocycles. The smallest absolute Gasteiger partial charge is 0.234 e. The van der Waals surface area contributed by atoms with Gasteiger partial charge in [-0.3, -0.25) is 9.69 Å². The molecule has 5 heteroatoms. The maximum Gasteiger partial charge on any atom is 0.234 e. The minimum absolute atomic E-state index is 0.0379. The number of carbonyl (C=O) groups excluding carboxylic acids is 1. The van der Waals surface area contributed by atoms with E-state index < -0.39 is 0 Å². The van der Waals surface area contributed by atoms with Gasteiger partial charge >= 0.3 is 0 Å². The molecule has 1 heterocycles. The first kappa shape index (κ1) is 15.5. The maximum atomic E-state index is 12.1. The highest BCUT2D eigenvalue weighted by Gasteiger charge is 2.18. The minimum Gasteiger partial charge on any atom is -0.348 e. The quantitative estimate of drug-likeness (QED) is 0.880. The highest BCUT2D eigenvalue weighted by Crippen LogP contribution is 2.16. The number of benzene rings is 1. The maximum absolute atomic E-state index is 12.1. The van der Waals surface area contributed by atoms with Gasteiger partial charge in [0.25, 0.3) is 0 Å². The van der Waals surface area contributed by atoms with E-state index in [-0.39, 0.29) is 11.9 Å². The third-order valence-electron chi connectivity index (χ3n) is 3.57. The molecule has 0 saturated carbocycles. The van der Waals surface area contributed by atoms with Gasteiger partial charge in [0, 0.05) is 30.1 Å². The van der Waals surface area contributed by atoms with Crippen molar-refractivity contribution < 1.29 is 4.79 Å². The Morgan fingerprint density at radius 1 is 1.50 bits per heavy atom. The average molecular weight is 340 g/mol. The Balaban J connectivity index is 1.83. The summed E-state index contributed by atoms with van der Waals surface area (Å²) in [6, 6.07) is 8.55. The minimum atomic E-state index is 0.0379. The molecule has 1 aliphatic heterocycles. The van der Waals surface area contributed by atoms with E-state index in [0.29, 0.717) is 12.6 Å². The van der Waals surface area contributed by atoms with Crippen LogP contribution in [-0.4, -0.2) is 43.0 Å². The van der Waals surface area contributed by atoms with E-state index in [0.717, 1.165) is 29.7 Å². The van der Waals surface area contributed by atoms with Crippen molar-refractivity contribution in [3.05, 3.63) is 34.3 Å². The molecule has 1 aliphatic rings. The second-order valence-corrected chi connectivity index (χ2v) is 6.35. The van der Waals surface area contributed by atoms with Crippen molar-refractivity contribution in [1.29, 1.82) is 0 Å². The zero-order valence-corrected chi connectivity index (χ0v) is 13.6. The summed E-state index contributed by atoms with van der Waals surface area (Å²) >= 11 is 3.42. The Kier molecular flexibility index (Phi) is 5.57. The first-order chi connectivity index (χ1) is 9.54. The fourth-order valence-electron chi connectivity index (χ4n) is 2.48. The monoisotopic (exact) mass is 339 g/mol. The van der Waals surface area contributed by atoms with Crippen molar-refractivity contribution in [2.75, 3.05) is 26.2 Å². The first-order valence-corrected chi connectivity index (χ1v) is 7.84. The Bertz CT molecular complexity index is 449. The van der Waals surface area contributed by atoms with Crippen LogP contribution in [0.4, 0.5) is 0 Å². The van der Waals surface area contributed by atoms with E-state index in [9.17, 15) is 4.79 Å². The van der Waals surface area contributed by atoms with E-state index >= 15 is 0 Å². The third kappa shape index (κ3) is 4.58. The van der Waals surface area contributed by atoms with Crippen molar-refractivity contribution in [2.24, 2.45) is 0 Å². The molecule has 2 rings (SSSR count). The number of piperazine rings is 1. The van der Waals surface area contributed by atoms with Gasteiger partial charge in [0.15, 0.2) is 0 Å². The van der Waals surface area contributed by atoms with Crippen molar-refractivity contribution in [3.8, 4) is 0 Å². The molecule has 0 radical (unpaired) electrons. The first-order valence-electron chi connectivity index (χ1n) is 7.05. The summed E-state index contributed by atoms with van der Waals surface area (Å²) in [5.74, 6) is 0.0921. The van der Waals surface area contributed by atoms with Crippen LogP contribution in [0.15, 0.2) is 28.7 Å². The van der Waals surface area contributed by atoms with Gasteiger partial charge in [0.05, 0.1) is 12.6 Å². The second-order valence-electron chi connectivity index (χ2n) is 5.43. The Morgan fingerprint density at radius 3 is 2.85 bits per heavy atom. The predicted octanol–water partition coefficient (Wildman–Crippen LogP) is 1.92. The number of nitrogens with zero attached hydrogens (tertiary/aromatic N) is 1. The Labute approximate surface area is 129 Å². The van der Waals surface area contributed by atoms with E-state index in [1.807, 2.05) is 31.2 Å². The van der Waals surface area contributed by atoms with E-state index in [1.54, 1.807) is 0 Å². The van der Waals surface area contributed by atoms with Gasteiger partial charge in [-0.25, -0.2) is 0 Å². The summed E-state index contributed by atoms with van der Waals surface area (Å²) in [5, 5.41) is 6.44. The van der Waals surface area contributed by atoms with Crippen LogP contribution in [0.1, 0.15) is 25.5 Å². The Hall–Kier alpha value is -0.910. The fraction of sp³-hybridized carbons (Fsp3) is 0.533. The molecule has 2 atom stereocenters. The van der Waals surface area contributed by atoms with Crippen LogP contribution in [0, 0.1) is 0 Å². The van der Waals surface area contributed by atoms with Gasteiger partial charge in [0.2, 0.25) is 5.91 Å². The van der Waals surface area contributed by atoms with Crippen LogP contribution >= 0.6 is 15.9 Å². The summed E-state index contributed by atoms with van der Waals surface area (Å²) in [4.78, 5) is 14.3. The van der Waals surface area contributed by atoms with Crippen molar-refractivity contribution >= 4 is 21.8 Å². The number of carbonyl (C=O) groups is 1. The standard InChI is InChI=1S/C15H22BrN3O/c1-11-9-19(8-7-17-11)10-15(20)18-12(2)13-3-5-14(16)6-4-13/h3-6,11-12,17H,7-10H2,1-2H3,(H,18,20)/t11-,12?/m0/s1. The zero-order chi connectivity index (χ0) is 14.5. The molecular formula is C15H22BrN3O. The molecule has 2 N–H and O–H groups in total. The SMILES string of the molecule is CC(NC(=O)CN1CCN[C@@H](C)C1)c1ccc(Br)cc1. The number of halogens is 1. The lowest BCUT2D eigenvalue weighted by atomic mass is 10.1. The third-order valence-corrected chi connectivity index (χ3v) is 4.10. The molecule has 1 saturated heterocycles. The summed E-state index contributed by atoms with van der Waals surface area (Å²) in [6.07, 6.45) is 0. The number of amides is 1. The number of rotatable bonds is 4. The second kappa shape index (κ2) is 7.20. The lowest BCUT2D eigenvalue weighted by Crippen LogP contribution is -2.51. The lowest BCUT2D eigenvalue weighted by Gasteiger charge is -2.31. The molecule has 20 heavy (non-hydrogen) atoms. The summed E-state index contributed by atoms with van der Waals surface area (Å²) in [6.45, 7) is 7.46. The molecule has 1 aromatic carbocycles. The predicted molar refractivity (Wildman–Crippen MR) is 84.6 cm³/mol. The van der Waals surface area contributed by atoms with Gasteiger partial charge in [-0.1, -0.05) is 28.1 Å². The molecule has 1 unspecified atom stereocenters. The molecule has 110 valence electrons. The van der Waals surface area contributed by atoms with E-state index in [2.05, 4.69) is 38.4 Å². The Morgan fingerprint density at radius 2 is 2.20 bits per heavy atom. The van der Waals surface area contributed by atoms with Crippen LogP contribution < -0.4 is 10.6 Å². The highest BCUT2D eigenvalue weighted by molar-refractivity contribution is 9.10. The van der Waals surface area contributed by atoms with E-state index in [1.165, 1.54) is 0 Å². The van der Waals surface area contributed by atoms with Gasteiger partial charge in [-0.05, 0) is 31.5 Å². The van der Waals surface area contributed by atoms with Crippen LogP contribution in [0.2, 0.25) is 0 Å². The summed E-state index contributed by atoms with van der Waals surface area (Å²) in [7, 11) is 0. The van der Waals surface area contributed by atoms with Crippen molar-refractivity contribution in [1.82, 2.24) is 15.5 Å². The topological polar surface area (TPSA) is 44.4 Å². The zero-order valence-electron chi connectivity index (χ0n) is 12.0. The van der Waals surface area contributed by atoms with E-state index in [4.69, 9.17) is 0 Å². The molecular weight excluding hydrogens is 318 g/mol. The van der Waals surface area contributed by atoms with Crippen LogP contribution in [-0.2, 0) is 4.79 Å². The molecule has 1 amide bonds. The fourth-order valence-corrected chi connectivity index (χ4v) is 2.75. The van der Waals surface area contributed by atoms with Gasteiger partial charge in [-0.15, -0.1) is 0 Å². The molecule has 1 fully saturated rings. The normalized spacial score (nSPS) is 21.4. The number of nitrogens with one attached hydrogen (secondary N) is 2.